The van der Waals surface area contributed by atoms with Crippen LogP contribution in [0.25, 0.3) is 0 Å². The Balaban J connectivity index is 2.69. The van der Waals surface area contributed by atoms with E-state index in [2.05, 4.69) is 46.3 Å². The average Bonchev–Trinajstić information content (AvgIpc) is 2.19. The molecular weight excluding hydrogens is 203 g/mol. The van der Waals surface area contributed by atoms with Crippen LogP contribution in [0.15, 0.2) is 0 Å². The lowest BCUT2D eigenvalue weighted by atomic mass is 9.90. The zero-order valence-corrected chi connectivity index (χ0v) is 11.7. The van der Waals surface area contributed by atoms with Crippen molar-refractivity contribution in [3.8, 4) is 12.0 Å². The van der Waals surface area contributed by atoms with Crippen molar-refractivity contribution in [3.63, 3.8) is 0 Å². The Kier molecular flexibility index (Phi) is 3.13. The van der Waals surface area contributed by atoms with E-state index >= 15 is 0 Å². The summed E-state index contributed by atoms with van der Waals surface area (Å²) in [6.45, 7) is 12.6. The Hall–Kier alpha value is -0.238. The van der Waals surface area contributed by atoms with E-state index in [1.165, 1.54) is 0 Å². The lowest BCUT2D eigenvalue weighted by Crippen LogP contribution is -2.41. The van der Waals surface area contributed by atoms with Crippen LogP contribution in [0.1, 0.15) is 27.7 Å². The summed E-state index contributed by atoms with van der Waals surface area (Å²) in [7, 11) is -1.72. The first-order chi connectivity index (χ1) is 6.60. The van der Waals surface area contributed by atoms with Gasteiger partial charge in [0.1, 0.15) is 8.07 Å². The van der Waals surface area contributed by atoms with E-state index in [1.807, 2.05) is 0 Å². The van der Waals surface area contributed by atoms with Crippen LogP contribution < -0.4 is 0 Å². The van der Waals surface area contributed by atoms with Crippen LogP contribution in [0.5, 0.6) is 0 Å². The molecule has 15 heavy (non-hydrogen) atoms. The van der Waals surface area contributed by atoms with E-state index in [0.29, 0.717) is 0 Å². The largest absolute Gasteiger partial charge is 0.455 e. The summed E-state index contributed by atoms with van der Waals surface area (Å²) in [5, 5.41) is 0. The predicted molar refractivity (Wildman–Crippen MR) is 67.2 cm³/mol. The van der Waals surface area contributed by atoms with Crippen LogP contribution >= 0.6 is 0 Å². The van der Waals surface area contributed by atoms with Crippen LogP contribution in [0, 0.1) is 12.0 Å². The van der Waals surface area contributed by atoms with Gasteiger partial charge in [-0.1, -0.05) is 13.1 Å². The Morgan fingerprint density at radius 3 is 1.87 bits per heavy atom. The van der Waals surface area contributed by atoms with Gasteiger partial charge in [0, 0.05) is 0 Å². The molecule has 84 valence electrons. The molecule has 0 N–H and O–H groups in total. The summed E-state index contributed by atoms with van der Waals surface area (Å²) in [6.07, 6.45) is 5.52. The third kappa shape index (κ3) is 2.66. The van der Waals surface area contributed by atoms with Gasteiger partial charge in [0.05, 0.1) is 11.2 Å². The van der Waals surface area contributed by atoms with E-state index in [-0.39, 0.29) is 18.3 Å². The van der Waals surface area contributed by atoms with Crippen LogP contribution in [-0.4, -0.2) is 26.4 Å². The molecule has 0 aromatic rings. The third-order valence-electron chi connectivity index (χ3n) is 3.37. The minimum atomic E-state index is -1.59. The number of rotatable bonds is 2. The second-order valence-electron chi connectivity index (χ2n) is 5.92. The Bertz CT molecular complexity index is 275. The quantitative estimate of drug-likeness (QED) is 0.530. The fourth-order valence-corrected chi connectivity index (χ4v) is 2.64. The van der Waals surface area contributed by atoms with Crippen LogP contribution in [0.2, 0.25) is 19.0 Å². The zero-order chi connectivity index (χ0) is 11.9. The number of hydrogen-bond donors (Lipinski definition) is 0. The maximum absolute atomic E-state index is 5.92. The number of hydrogen-bond acceptors (Lipinski definition) is 2. The van der Waals surface area contributed by atoms with Gasteiger partial charge in [0.25, 0.3) is 0 Å². The highest BCUT2D eigenvalue weighted by Gasteiger charge is 2.52. The molecule has 0 amide bonds. The zero-order valence-electron chi connectivity index (χ0n) is 10.7. The molecule has 2 nitrogen and oxygen atoms in total. The standard InChI is InChI=1S/C11H21BO2Si/c1-8-15(6,7)9-12-13-10(2,3)11(4,5)14-12/h1H,9H2,2-7H3. The molecule has 1 saturated heterocycles. The fourth-order valence-electron chi connectivity index (χ4n) is 1.52. The van der Waals surface area contributed by atoms with Gasteiger partial charge >= 0.3 is 7.12 Å². The molecule has 0 aromatic heterocycles. The van der Waals surface area contributed by atoms with Gasteiger partial charge in [-0.3, -0.25) is 0 Å². The van der Waals surface area contributed by atoms with Gasteiger partial charge in [-0.05, 0) is 33.6 Å². The van der Waals surface area contributed by atoms with Crippen molar-refractivity contribution in [3.05, 3.63) is 0 Å². The second-order valence-corrected chi connectivity index (χ2v) is 10.4. The van der Waals surface area contributed by atoms with Gasteiger partial charge in [-0.2, -0.15) is 0 Å². The van der Waals surface area contributed by atoms with E-state index in [9.17, 15) is 0 Å². The molecule has 0 atom stereocenters. The fraction of sp³-hybridized carbons (Fsp3) is 0.818. The summed E-state index contributed by atoms with van der Waals surface area (Å²) >= 11 is 0. The molecule has 4 heteroatoms. The Morgan fingerprint density at radius 2 is 1.53 bits per heavy atom. The van der Waals surface area contributed by atoms with Crippen molar-refractivity contribution >= 4 is 15.2 Å². The summed E-state index contributed by atoms with van der Waals surface area (Å²) in [5.74, 6) is 0.871. The minimum Gasteiger partial charge on any atom is -0.403 e. The highest BCUT2D eigenvalue weighted by molar-refractivity contribution is 6.91. The van der Waals surface area contributed by atoms with E-state index in [4.69, 9.17) is 15.7 Å². The average molecular weight is 224 g/mol. The molecule has 1 aliphatic rings. The van der Waals surface area contributed by atoms with Gasteiger partial charge in [0.15, 0.2) is 0 Å². The number of terminal acetylenes is 1. The highest BCUT2D eigenvalue weighted by atomic mass is 28.3. The van der Waals surface area contributed by atoms with Gasteiger partial charge in [-0.15, -0.1) is 12.0 Å². The Labute approximate surface area is 94.9 Å². The normalized spacial score (nSPS) is 23.9. The van der Waals surface area contributed by atoms with Crippen molar-refractivity contribution in [1.82, 2.24) is 0 Å². The second kappa shape index (κ2) is 3.66. The molecule has 1 aliphatic heterocycles. The molecule has 0 aliphatic carbocycles. The van der Waals surface area contributed by atoms with E-state index in [1.54, 1.807) is 0 Å². The molecule has 1 rings (SSSR count). The molecule has 0 unspecified atom stereocenters. The third-order valence-corrected chi connectivity index (χ3v) is 5.51. The summed E-state index contributed by atoms with van der Waals surface area (Å²) in [5.41, 5.74) is 2.42. The predicted octanol–water partition coefficient (Wildman–Crippen LogP) is 2.50. The first-order valence-electron chi connectivity index (χ1n) is 5.43. The molecule has 1 heterocycles. The molecule has 0 saturated carbocycles. The SMILES string of the molecule is C#C[Si](C)(C)CB1OC(C)(C)C(C)(C)O1. The van der Waals surface area contributed by atoms with Crippen molar-refractivity contribution < 1.29 is 9.31 Å². The first-order valence-corrected chi connectivity index (χ1v) is 8.64. The lowest BCUT2D eigenvalue weighted by molar-refractivity contribution is 0.00578. The lowest BCUT2D eigenvalue weighted by Gasteiger charge is -2.32. The summed E-state index contributed by atoms with van der Waals surface area (Å²) < 4.78 is 11.8. The van der Waals surface area contributed by atoms with Crippen LogP contribution in [0.4, 0.5) is 0 Å². The highest BCUT2D eigenvalue weighted by Crippen LogP contribution is 2.38. The minimum absolute atomic E-state index is 0.132. The maximum atomic E-state index is 5.92. The topological polar surface area (TPSA) is 18.5 Å². The van der Waals surface area contributed by atoms with Crippen molar-refractivity contribution in [1.29, 1.82) is 0 Å². The molecule has 1 fully saturated rings. The summed E-state index contributed by atoms with van der Waals surface area (Å²) in [4.78, 5) is 0. The van der Waals surface area contributed by atoms with Crippen molar-refractivity contribution in [2.75, 3.05) is 0 Å². The molecular formula is C11H21BO2Si. The molecule has 0 aromatic carbocycles. The van der Waals surface area contributed by atoms with Crippen LogP contribution in [0.3, 0.4) is 0 Å². The monoisotopic (exact) mass is 224 g/mol. The van der Waals surface area contributed by atoms with E-state index in [0.717, 1.165) is 5.94 Å². The van der Waals surface area contributed by atoms with Crippen LogP contribution in [-0.2, 0) is 9.31 Å². The molecule has 0 radical (unpaired) electrons. The van der Waals surface area contributed by atoms with Crippen molar-refractivity contribution in [2.24, 2.45) is 0 Å². The molecule has 0 spiro atoms. The smallest absolute Gasteiger partial charge is 0.403 e. The Morgan fingerprint density at radius 1 is 1.13 bits per heavy atom. The van der Waals surface area contributed by atoms with Crippen molar-refractivity contribution in [2.45, 2.75) is 57.9 Å². The van der Waals surface area contributed by atoms with Gasteiger partial charge in [-0.25, -0.2) is 0 Å². The van der Waals surface area contributed by atoms with Gasteiger partial charge in [0.2, 0.25) is 0 Å². The maximum Gasteiger partial charge on any atom is 0.455 e. The molecule has 0 bridgehead atoms. The summed E-state index contributed by atoms with van der Waals surface area (Å²) in [6, 6.07) is 0. The van der Waals surface area contributed by atoms with E-state index < -0.39 is 8.07 Å². The first kappa shape index (κ1) is 12.8. The van der Waals surface area contributed by atoms with Gasteiger partial charge < -0.3 is 9.31 Å².